The van der Waals surface area contributed by atoms with Crippen LogP contribution in [0.25, 0.3) is 16.3 Å². The summed E-state index contributed by atoms with van der Waals surface area (Å²) in [5.74, 6) is 1.69. The number of hydrogen-bond acceptors (Lipinski definition) is 5. The van der Waals surface area contributed by atoms with E-state index in [0.717, 1.165) is 33.2 Å². The Morgan fingerprint density at radius 2 is 1.65 bits per heavy atom. The van der Waals surface area contributed by atoms with Crippen molar-refractivity contribution in [3.8, 4) is 11.5 Å². The number of carbonyl (C=O) groups is 1. The number of allylic oxidation sites excluding steroid dienone is 1. The van der Waals surface area contributed by atoms with Crippen LogP contribution in [0.3, 0.4) is 0 Å². The molecule has 0 radical (unpaired) electrons. The van der Waals surface area contributed by atoms with E-state index in [2.05, 4.69) is 18.7 Å². The number of nitrogens with zero attached hydrogens (tertiary/aromatic N) is 1. The molecule has 0 atom stereocenters. The molecule has 0 N–H and O–H groups in total. The monoisotopic (exact) mass is 417 g/mol. The van der Waals surface area contributed by atoms with Crippen molar-refractivity contribution in [2.45, 2.75) is 6.92 Å². The molecule has 0 aliphatic carbocycles. The summed E-state index contributed by atoms with van der Waals surface area (Å²) in [6.45, 7) is 6.33. The van der Waals surface area contributed by atoms with Crippen molar-refractivity contribution in [3.05, 3.63) is 89.8 Å². The number of carbonyl (C=O) groups excluding carboxylic acids is 1. The van der Waals surface area contributed by atoms with Gasteiger partial charge in [-0.2, -0.15) is 0 Å². The molecular formula is C26H27NO4. The van der Waals surface area contributed by atoms with Gasteiger partial charge >= 0.3 is 5.97 Å². The smallest absolute Gasteiger partial charge is 0.337 e. The molecule has 0 saturated heterocycles. The fraction of sp³-hybridized carbons (Fsp3) is 0.192. The fourth-order valence-electron chi connectivity index (χ4n) is 3.32. The van der Waals surface area contributed by atoms with Gasteiger partial charge in [-0.25, -0.2) is 4.79 Å². The van der Waals surface area contributed by atoms with Crippen LogP contribution in [-0.2, 0) is 4.74 Å². The molecule has 0 aromatic heterocycles. The van der Waals surface area contributed by atoms with E-state index in [-0.39, 0.29) is 5.97 Å². The van der Waals surface area contributed by atoms with Crippen LogP contribution < -0.4 is 9.47 Å². The number of benzene rings is 3. The zero-order valence-electron chi connectivity index (χ0n) is 18.6. The molecule has 0 aliphatic rings. The lowest BCUT2D eigenvalue weighted by molar-refractivity contribution is 0.0600. The molecule has 0 aliphatic heterocycles. The SMILES string of the molecule is C=C(/C(=C/N(C)C)Oc1ccc(C(=O)OC)cc1)c1ccc2c(C)c(OC)ccc2c1. The molecule has 0 fully saturated rings. The second kappa shape index (κ2) is 9.39. The zero-order valence-corrected chi connectivity index (χ0v) is 18.6. The lowest BCUT2D eigenvalue weighted by Crippen LogP contribution is -2.08. The second-order valence-electron chi connectivity index (χ2n) is 7.38. The molecular weight excluding hydrogens is 390 g/mol. The maximum Gasteiger partial charge on any atom is 0.337 e. The maximum absolute atomic E-state index is 11.7. The van der Waals surface area contributed by atoms with Gasteiger partial charge in [-0.3, -0.25) is 0 Å². The van der Waals surface area contributed by atoms with Gasteiger partial charge in [-0.15, -0.1) is 0 Å². The van der Waals surface area contributed by atoms with Crippen molar-refractivity contribution >= 4 is 22.3 Å². The lowest BCUT2D eigenvalue weighted by Gasteiger charge is -2.17. The first kappa shape index (κ1) is 22.0. The zero-order chi connectivity index (χ0) is 22.5. The first-order valence-electron chi connectivity index (χ1n) is 9.85. The molecule has 31 heavy (non-hydrogen) atoms. The highest BCUT2D eigenvalue weighted by atomic mass is 16.5. The largest absolute Gasteiger partial charge is 0.496 e. The van der Waals surface area contributed by atoms with Gasteiger partial charge in [-0.05, 0) is 65.2 Å². The minimum atomic E-state index is -0.386. The van der Waals surface area contributed by atoms with Crippen molar-refractivity contribution in [2.75, 3.05) is 28.3 Å². The molecule has 160 valence electrons. The van der Waals surface area contributed by atoms with Crippen LogP contribution >= 0.6 is 0 Å². The van der Waals surface area contributed by atoms with Gasteiger partial charge in [0.15, 0.2) is 0 Å². The van der Waals surface area contributed by atoms with Crippen molar-refractivity contribution in [1.82, 2.24) is 4.90 Å². The van der Waals surface area contributed by atoms with E-state index in [1.807, 2.05) is 50.3 Å². The lowest BCUT2D eigenvalue weighted by atomic mass is 9.98. The summed E-state index contributed by atoms with van der Waals surface area (Å²) >= 11 is 0. The van der Waals surface area contributed by atoms with Crippen LogP contribution in [0, 0.1) is 6.92 Å². The van der Waals surface area contributed by atoms with Crippen LogP contribution in [-0.4, -0.2) is 39.2 Å². The molecule has 5 nitrogen and oxygen atoms in total. The molecule has 0 amide bonds. The molecule has 3 rings (SSSR count). The van der Waals surface area contributed by atoms with Crippen LogP contribution in [0.1, 0.15) is 21.5 Å². The minimum Gasteiger partial charge on any atom is -0.496 e. The molecule has 0 saturated carbocycles. The van der Waals surface area contributed by atoms with Crippen LogP contribution in [0.5, 0.6) is 11.5 Å². The fourth-order valence-corrected chi connectivity index (χ4v) is 3.32. The Kier molecular flexibility index (Phi) is 6.65. The summed E-state index contributed by atoms with van der Waals surface area (Å²) < 4.78 is 16.3. The van der Waals surface area contributed by atoms with Gasteiger partial charge < -0.3 is 19.1 Å². The van der Waals surface area contributed by atoms with Crippen LogP contribution in [0.2, 0.25) is 0 Å². The number of rotatable bonds is 7. The molecule has 5 heteroatoms. The predicted octanol–water partition coefficient (Wildman–Crippen LogP) is 5.44. The normalized spacial score (nSPS) is 11.2. The van der Waals surface area contributed by atoms with E-state index in [0.29, 0.717) is 17.1 Å². The molecule has 0 heterocycles. The van der Waals surface area contributed by atoms with E-state index in [1.54, 1.807) is 31.4 Å². The standard InChI is InChI=1S/C26H27NO4/c1-17(20-9-13-23-18(2)24(29-5)14-10-21(23)15-20)25(16-27(3)4)31-22-11-7-19(8-12-22)26(28)30-6/h7-16H,1H2,2-6H3/b25-16-. The average molecular weight is 418 g/mol. The van der Waals surface area contributed by atoms with Crippen molar-refractivity contribution < 1.29 is 19.0 Å². The summed E-state index contributed by atoms with van der Waals surface area (Å²) in [4.78, 5) is 13.6. The Hall–Kier alpha value is -3.73. The van der Waals surface area contributed by atoms with E-state index >= 15 is 0 Å². The third kappa shape index (κ3) is 4.89. The molecule has 0 bridgehead atoms. The summed E-state index contributed by atoms with van der Waals surface area (Å²) in [5.41, 5.74) is 3.27. The third-order valence-electron chi connectivity index (χ3n) is 4.98. The topological polar surface area (TPSA) is 48.0 Å². The summed E-state index contributed by atoms with van der Waals surface area (Å²) in [5, 5.41) is 2.23. The highest BCUT2D eigenvalue weighted by Crippen LogP contribution is 2.31. The van der Waals surface area contributed by atoms with Crippen LogP contribution in [0.4, 0.5) is 0 Å². The second-order valence-corrected chi connectivity index (χ2v) is 7.38. The quantitative estimate of drug-likeness (QED) is 0.291. The van der Waals surface area contributed by atoms with E-state index in [1.165, 1.54) is 7.11 Å². The molecule has 3 aromatic rings. The molecule has 0 unspecified atom stereocenters. The Bertz CT molecular complexity index is 1140. The van der Waals surface area contributed by atoms with E-state index < -0.39 is 0 Å². The van der Waals surface area contributed by atoms with Crippen molar-refractivity contribution in [2.24, 2.45) is 0 Å². The first-order chi connectivity index (χ1) is 14.8. The highest BCUT2D eigenvalue weighted by Gasteiger charge is 2.13. The maximum atomic E-state index is 11.7. The Morgan fingerprint density at radius 1 is 0.968 bits per heavy atom. The number of esters is 1. The van der Waals surface area contributed by atoms with Gasteiger partial charge in [0.05, 0.1) is 19.8 Å². The van der Waals surface area contributed by atoms with Gasteiger partial charge in [0.1, 0.15) is 17.3 Å². The Morgan fingerprint density at radius 3 is 2.26 bits per heavy atom. The van der Waals surface area contributed by atoms with Crippen molar-refractivity contribution in [1.29, 1.82) is 0 Å². The predicted molar refractivity (Wildman–Crippen MR) is 124 cm³/mol. The highest BCUT2D eigenvalue weighted by molar-refractivity contribution is 5.92. The molecule has 0 spiro atoms. The number of ether oxygens (including phenoxy) is 3. The van der Waals surface area contributed by atoms with Gasteiger partial charge in [0.2, 0.25) is 0 Å². The van der Waals surface area contributed by atoms with Gasteiger partial charge in [-0.1, -0.05) is 24.8 Å². The number of methoxy groups -OCH3 is 2. The first-order valence-corrected chi connectivity index (χ1v) is 9.85. The van der Waals surface area contributed by atoms with Gasteiger partial charge in [0.25, 0.3) is 0 Å². The average Bonchev–Trinajstić information content (AvgIpc) is 2.78. The van der Waals surface area contributed by atoms with Crippen LogP contribution in [0.15, 0.2) is 73.1 Å². The number of aryl methyl sites for hydroxylation is 1. The summed E-state index contributed by atoms with van der Waals surface area (Å²) in [6.07, 6.45) is 1.88. The van der Waals surface area contributed by atoms with E-state index in [4.69, 9.17) is 14.2 Å². The summed E-state index contributed by atoms with van der Waals surface area (Å²) in [6, 6.07) is 17.0. The summed E-state index contributed by atoms with van der Waals surface area (Å²) in [7, 11) is 6.88. The third-order valence-corrected chi connectivity index (χ3v) is 4.98. The minimum absolute atomic E-state index is 0.386. The Labute approximate surface area is 183 Å². The number of fused-ring (bicyclic) bond motifs is 1. The molecule has 3 aromatic carbocycles. The Balaban J connectivity index is 1.92. The van der Waals surface area contributed by atoms with Crippen molar-refractivity contribution in [3.63, 3.8) is 0 Å². The van der Waals surface area contributed by atoms with Gasteiger partial charge in [0, 0.05) is 25.9 Å². The van der Waals surface area contributed by atoms with E-state index in [9.17, 15) is 4.79 Å². The number of hydrogen-bond donors (Lipinski definition) is 0.